The zero-order chi connectivity index (χ0) is 17.2. The normalized spacial score (nSPS) is 20.9. The number of nitrogens with zero attached hydrogens (tertiary/aromatic N) is 3. The molecule has 1 aliphatic rings. The van der Waals surface area contributed by atoms with E-state index in [0.717, 1.165) is 11.1 Å². The van der Waals surface area contributed by atoms with Crippen LogP contribution in [-0.2, 0) is 6.54 Å². The first kappa shape index (κ1) is 15.9. The molecule has 3 aromatic rings. The Balaban J connectivity index is 1.53. The van der Waals surface area contributed by atoms with Crippen LogP contribution >= 0.6 is 0 Å². The lowest BCUT2D eigenvalue weighted by atomic mass is 10.0. The standard InChI is InChI=1S/C19H18FN3O2/c20-15-8-6-13(7-9-15)17-10-16(24)11-23(17)12-18-21-22-19(25-18)14-4-2-1-3-5-14/h1-9,16-17,24H,10-12H2. The molecular weight excluding hydrogens is 321 g/mol. The molecule has 25 heavy (non-hydrogen) atoms. The van der Waals surface area contributed by atoms with Gasteiger partial charge < -0.3 is 9.52 Å². The Hall–Kier alpha value is -2.57. The highest BCUT2D eigenvalue weighted by Crippen LogP contribution is 2.33. The van der Waals surface area contributed by atoms with Crippen LogP contribution in [0.1, 0.15) is 23.9 Å². The highest BCUT2D eigenvalue weighted by atomic mass is 19.1. The van der Waals surface area contributed by atoms with Gasteiger partial charge in [0.05, 0.1) is 12.6 Å². The van der Waals surface area contributed by atoms with Crippen LogP contribution in [0.5, 0.6) is 0 Å². The third-order valence-corrected chi connectivity index (χ3v) is 4.46. The van der Waals surface area contributed by atoms with E-state index in [-0.39, 0.29) is 11.9 Å². The Morgan fingerprint density at radius 1 is 1.08 bits per heavy atom. The lowest BCUT2D eigenvalue weighted by Gasteiger charge is -2.22. The van der Waals surface area contributed by atoms with Gasteiger partial charge in [-0.1, -0.05) is 30.3 Å². The molecule has 1 saturated heterocycles. The van der Waals surface area contributed by atoms with Gasteiger partial charge in [0.2, 0.25) is 11.8 Å². The Morgan fingerprint density at radius 3 is 2.60 bits per heavy atom. The summed E-state index contributed by atoms with van der Waals surface area (Å²) in [5.41, 5.74) is 1.85. The van der Waals surface area contributed by atoms with E-state index in [1.165, 1.54) is 12.1 Å². The molecule has 4 rings (SSSR count). The highest BCUT2D eigenvalue weighted by molar-refractivity contribution is 5.51. The number of halogens is 1. The average Bonchev–Trinajstić information content (AvgIpc) is 3.23. The summed E-state index contributed by atoms with van der Waals surface area (Å²) in [6, 6.07) is 16.0. The number of aliphatic hydroxyl groups excluding tert-OH is 1. The minimum Gasteiger partial charge on any atom is -0.419 e. The van der Waals surface area contributed by atoms with Gasteiger partial charge in [0, 0.05) is 18.2 Å². The summed E-state index contributed by atoms with van der Waals surface area (Å²) in [6.45, 7) is 0.962. The number of aromatic nitrogens is 2. The fourth-order valence-electron chi connectivity index (χ4n) is 3.27. The Labute approximate surface area is 144 Å². The van der Waals surface area contributed by atoms with Gasteiger partial charge in [0.25, 0.3) is 0 Å². The number of hydrogen-bond acceptors (Lipinski definition) is 5. The fraction of sp³-hybridized carbons (Fsp3) is 0.263. The lowest BCUT2D eigenvalue weighted by molar-refractivity contribution is 0.167. The van der Waals surface area contributed by atoms with Crippen molar-refractivity contribution < 1.29 is 13.9 Å². The average molecular weight is 339 g/mol. The van der Waals surface area contributed by atoms with Crippen molar-refractivity contribution >= 4 is 0 Å². The van der Waals surface area contributed by atoms with Crippen LogP contribution in [0.3, 0.4) is 0 Å². The molecule has 0 saturated carbocycles. The van der Waals surface area contributed by atoms with Crippen LogP contribution in [0, 0.1) is 5.82 Å². The largest absolute Gasteiger partial charge is 0.419 e. The maximum atomic E-state index is 13.2. The Bertz CT molecular complexity index is 835. The predicted molar refractivity (Wildman–Crippen MR) is 89.9 cm³/mol. The second kappa shape index (κ2) is 6.74. The summed E-state index contributed by atoms with van der Waals surface area (Å²) >= 11 is 0. The molecular formula is C19H18FN3O2. The van der Waals surface area contributed by atoms with Crippen molar-refractivity contribution in [2.24, 2.45) is 0 Å². The first-order valence-electron chi connectivity index (χ1n) is 8.24. The van der Waals surface area contributed by atoms with Gasteiger partial charge in [0.15, 0.2) is 0 Å². The van der Waals surface area contributed by atoms with Crippen molar-refractivity contribution in [1.29, 1.82) is 0 Å². The number of likely N-dealkylation sites (tertiary alicyclic amines) is 1. The minimum absolute atomic E-state index is 0.00248. The molecule has 1 aliphatic heterocycles. The summed E-state index contributed by atoms with van der Waals surface area (Å²) in [5, 5.41) is 18.3. The first-order chi connectivity index (χ1) is 12.2. The molecule has 6 heteroatoms. The zero-order valence-electron chi connectivity index (χ0n) is 13.5. The molecule has 0 radical (unpaired) electrons. The van der Waals surface area contributed by atoms with E-state index in [1.807, 2.05) is 30.3 Å². The molecule has 2 unspecified atom stereocenters. The molecule has 0 bridgehead atoms. The molecule has 1 aromatic heterocycles. The fourth-order valence-corrected chi connectivity index (χ4v) is 3.27. The number of benzene rings is 2. The van der Waals surface area contributed by atoms with Crippen LogP contribution < -0.4 is 0 Å². The molecule has 0 aliphatic carbocycles. The van der Waals surface area contributed by atoms with E-state index in [0.29, 0.717) is 31.3 Å². The van der Waals surface area contributed by atoms with Crippen LogP contribution in [0.4, 0.5) is 4.39 Å². The van der Waals surface area contributed by atoms with Crippen LogP contribution in [0.2, 0.25) is 0 Å². The minimum atomic E-state index is -0.424. The van der Waals surface area contributed by atoms with Crippen molar-refractivity contribution in [3.05, 3.63) is 71.9 Å². The topological polar surface area (TPSA) is 62.4 Å². The van der Waals surface area contributed by atoms with Gasteiger partial charge in [-0.25, -0.2) is 4.39 Å². The lowest BCUT2D eigenvalue weighted by Crippen LogP contribution is -2.24. The third kappa shape index (κ3) is 3.45. The highest BCUT2D eigenvalue weighted by Gasteiger charge is 2.33. The molecule has 1 N–H and O–H groups in total. The van der Waals surface area contributed by atoms with Gasteiger partial charge in [-0.2, -0.15) is 0 Å². The summed E-state index contributed by atoms with van der Waals surface area (Å²) < 4.78 is 18.9. The van der Waals surface area contributed by atoms with Crippen molar-refractivity contribution in [2.45, 2.75) is 25.1 Å². The molecule has 0 amide bonds. The number of rotatable bonds is 4. The van der Waals surface area contributed by atoms with Crippen LogP contribution in [0.25, 0.3) is 11.5 Å². The Morgan fingerprint density at radius 2 is 1.84 bits per heavy atom. The van der Waals surface area contributed by atoms with Crippen molar-refractivity contribution in [3.8, 4) is 11.5 Å². The molecule has 2 aromatic carbocycles. The number of aliphatic hydroxyl groups is 1. The zero-order valence-corrected chi connectivity index (χ0v) is 13.5. The SMILES string of the molecule is OC1CC(c2ccc(F)cc2)N(Cc2nnc(-c3ccccc3)o2)C1. The smallest absolute Gasteiger partial charge is 0.247 e. The Kier molecular flexibility index (Phi) is 4.29. The van der Waals surface area contributed by atoms with Crippen LogP contribution in [0.15, 0.2) is 59.0 Å². The third-order valence-electron chi connectivity index (χ3n) is 4.46. The van der Waals surface area contributed by atoms with E-state index in [4.69, 9.17) is 4.42 Å². The van der Waals surface area contributed by atoms with Crippen molar-refractivity contribution in [3.63, 3.8) is 0 Å². The molecule has 0 spiro atoms. The monoisotopic (exact) mass is 339 g/mol. The van der Waals surface area contributed by atoms with Gasteiger partial charge in [-0.3, -0.25) is 4.90 Å². The number of β-amino-alcohol motifs (C(OH)–C–C–N with tert-alkyl or cyclic N) is 1. The second-order valence-electron chi connectivity index (χ2n) is 6.25. The van der Waals surface area contributed by atoms with E-state index in [9.17, 15) is 9.50 Å². The van der Waals surface area contributed by atoms with Gasteiger partial charge in [-0.15, -0.1) is 10.2 Å². The number of hydrogen-bond donors (Lipinski definition) is 1. The predicted octanol–water partition coefficient (Wildman–Crippen LogP) is 3.18. The van der Waals surface area contributed by atoms with Gasteiger partial charge in [0.1, 0.15) is 5.82 Å². The quantitative estimate of drug-likeness (QED) is 0.791. The molecule has 1 fully saturated rings. The van der Waals surface area contributed by atoms with Gasteiger partial charge in [-0.05, 0) is 36.2 Å². The summed E-state index contributed by atoms with van der Waals surface area (Å²) in [7, 11) is 0. The molecule has 5 nitrogen and oxygen atoms in total. The maximum absolute atomic E-state index is 13.2. The molecule has 2 heterocycles. The summed E-state index contributed by atoms with van der Waals surface area (Å²) in [6.07, 6.45) is 0.178. The van der Waals surface area contributed by atoms with Gasteiger partial charge >= 0.3 is 0 Å². The maximum Gasteiger partial charge on any atom is 0.247 e. The van der Waals surface area contributed by atoms with E-state index >= 15 is 0 Å². The van der Waals surface area contributed by atoms with Crippen molar-refractivity contribution in [1.82, 2.24) is 15.1 Å². The molecule has 2 atom stereocenters. The van der Waals surface area contributed by atoms with E-state index < -0.39 is 6.10 Å². The first-order valence-corrected chi connectivity index (χ1v) is 8.24. The van der Waals surface area contributed by atoms with Crippen LogP contribution in [-0.4, -0.2) is 32.9 Å². The van der Waals surface area contributed by atoms with E-state index in [1.54, 1.807) is 12.1 Å². The molecule has 128 valence electrons. The second-order valence-corrected chi connectivity index (χ2v) is 6.25. The van der Waals surface area contributed by atoms with Crippen molar-refractivity contribution in [2.75, 3.05) is 6.54 Å². The van der Waals surface area contributed by atoms with E-state index in [2.05, 4.69) is 15.1 Å². The summed E-state index contributed by atoms with van der Waals surface area (Å²) in [5.74, 6) is 0.715. The summed E-state index contributed by atoms with van der Waals surface area (Å²) in [4.78, 5) is 2.08.